The van der Waals surface area contributed by atoms with Crippen LogP contribution >= 0.6 is 11.3 Å². The lowest BCUT2D eigenvalue weighted by atomic mass is 10.2. The van der Waals surface area contributed by atoms with Crippen molar-refractivity contribution in [3.05, 3.63) is 79.1 Å². The predicted molar refractivity (Wildman–Crippen MR) is 107 cm³/mol. The van der Waals surface area contributed by atoms with E-state index in [1.54, 1.807) is 18.4 Å². The van der Waals surface area contributed by atoms with Crippen LogP contribution in [-0.2, 0) is 27.2 Å². The lowest BCUT2D eigenvalue weighted by molar-refractivity contribution is 0.702. The van der Waals surface area contributed by atoms with Crippen LogP contribution < -0.4 is 16.6 Å². The minimum atomic E-state index is -0.387. The van der Waals surface area contributed by atoms with Crippen molar-refractivity contribution in [2.75, 3.05) is 5.32 Å². The van der Waals surface area contributed by atoms with Gasteiger partial charge in [-0.3, -0.25) is 18.5 Å². The van der Waals surface area contributed by atoms with E-state index in [1.165, 1.54) is 11.6 Å². The molecule has 4 rings (SSSR count). The van der Waals surface area contributed by atoms with Crippen molar-refractivity contribution in [2.45, 2.75) is 13.1 Å². The highest BCUT2D eigenvalue weighted by Crippen LogP contribution is 2.19. The average molecular weight is 381 g/mol. The van der Waals surface area contributed by atoms with Crippen LogP contribution in [-0.4, -0.2) is 18.7 Å². The van der Waals surface area contributed by atoms with Crippen molar-refractivity contribution in [1.29, 1.82) is 0 Å². The van der Waals surface area contributed by atoms with Gasteiger partial charge >= 0.3 is 5.69 Å². The fourth-order valence-electron chi connectivity index (χ4n) is 3.08. The monoisotopic (exact) mass is 381 g/mol. The highest BCUT2D eigenvalue weighted by Gasteiger charge is 2.19. The molecular formula is C19H19N5O2S. The summed E-state index contributed by atoms with van der Waals surface area (Å²) in [5, 5.41) is 5.33. The first-order valence-electron chi connectivity index (χ1n) is 8.52. The summed E-state index contributed by atoms with van der Waals surface area (Å²) in [4.78, 5) is 30.8. The van der Waals surface area contributed by atoms with Gasteiger partial charge in [0.25, 0.3) is 5.56 Å². The molecule has 1 N–H and O–H groups in total. The standard InChI is InChI=1S/C19H19N5O2S/c1-22-16-15(17(25)23(2)19(22)26)24(12-13-7-4-3-5-8-13)18(21-16)20-11-14-9-6-10-27-14/h3-10H,11-12H2,1-2H3,(H,20,21). The van der Waals surface area contributed by atoms with Crippen molar-refractivity contribution in [2.24, 2.45) is 14.1 Å². The van der Waals surface area contributed by atoms with Crippen molar-refractivity contribution < 1.29 is 0 Å². The van der Waals surface area contributed by atoms with E-state index in [4.69, 9.17) is 0 Å². The summed E-state index contributed by atoms with van der Waals surface area (Å²) in [6, 6.07) is 13.9. The zero-order valence-corrected chi connectivity index (χ0v) is 15.9. The van der Waals surface area contributed by atoms with Crippen molar-refractivity contribution in [1.82, 2.24) is 18.7 Å². The van der Waals surface area contributed by atoms with Gasteiger partial charge in [0.2, 0.25) is 5.95 Å². The second-order valence-electron chi connectivity index (χ2n) is 6.32. The molecule has 3 aromatic heterocycles. The molecule has 7 nitrogen and oxygen atoms in total. The van der Waals surface area contributed by atoms with E-state index in [0.717, 1.165) is 15.0 Å². The molecule has 138 valence electrons. The maximum Gasteiger partial charge on any atom is 0.332 e. The van der Waals surface area contributed by atoms with Crippen LogP contribution in [0.2, 0.25) is 0 Å². The topological polar surface area (TPSA) is 73.8 Å². The number of rotatable bonds is 5. The lowest BCUT2D eigenvalue weighted by Crippen LogP contribution is -2.37. The normalized spacial score (nSPS) is 11.2. The molecule has 0 saturated carbocycles. The zero-order chi connectivity index (χ0) is 19.0. The second-order valence-corrected chi connectivity index (χ2v) is 7.35. The summed E-state index contributed by atoms with van der Waals surface area (Å²) in [7, 11) is 3.12. The van der Waals surface area contributed by atoms with Crippen LogP contribution in [0.4, 0.5) is 5.95 Å². The molecule has 3 heterocycles. The Balaban J connectivity index is 1.88. The molecule has 0 radical (unpaired) electrons. The predicted octanol–water partition coefficient (Wildman–Crippen LogP) is 2.16. The molecule has 0 aliphatic carbocycles. The summed E-state index contributed by atoms with van der Waals surface area (Å²) in [5.74, 6) is 0.570. The highest BCUT2D eigenvalue weighted by molar-refractivity contribution is 7.09. The van der Waals surface area contributed by atoms with E-state index in [2.05, 4.69) is 10.3 Å². The van der Waals surface area contributed by atoms with Crippen molar-refractivity contribution >= 4 is 28.4 Å². The molecule has 0 atom stereocenters. The SMILES string of the molecule is Cn1c(=O)c2c(nc(NCc3cccs3)n2Cc2ccccc2)n(C)c1=O. The number of thiophene rings is 1. The van der Waals surface area contributed by atoms with Crippen LogP contribution in [0.5, 0.6) is 0 Å². The minimum Gasteiger partial charge on any atom is -0.351 e. The number of benzene rings is 1. The van der Waals surface area contributed by atoms with Gasteiger partial charge in [0, 0.05) is 19.0 Å². The molecule has 0 spiro atoms. The second kappa shape index (κ2) is 6.88. The number of hydrogen-bond donors (Lipinski definition) is 1. The quantitative estimate of drug-likeness (QED) is 0.575. The molecule has 8 heteroatoms. The minimum absolute atomic E-state index is 0.347. The Bertz CT molecular complexity index is 1200. The van der Waals surface area contributed by atoms with Gasteiger partial charge in [-0.1, -0.05) is 36.4 Å². The van der Waals surface area contributed by atoms with E-state index in [0.29, 0.717) is 30.2 Å². The number of hydrogen-bond acceptors (Lipinski definition) is 5. The molecule has 0 bridgehead atoms. The molecule has 0 unspecified atom stereocenters. The number of aryl methyl sites for hydroxylation is 1. The first-order valence-corrected chi connectivity index (χ1v) is 9.40. The third kappa shape index (κ3) is 3.08. The van der Waals surface area contributed by atoms with Crippen LogP contribution in [0.3, 0.4) is 0 Å². The Labute approximate surface area is 159 Å². The van der Waals surface area contributed by atoms with E-state index in [-0.39, 0.29) is 11.2 Å². The molecule has 0 aliphatic heterocycles. The Hall–Kier alpha value is -3.13. The first-order chi connectivity index (χ1) is 13.1. The Kier molecular flexibility index (Phi) is 4.41. The summed E-state index contributed by atoms with van der Waals surface area (Å²) < 4.78 is 4.38. The molecule has 4 aromatic rings. The van der Waals surface area contributed by atoms with Gasteiger partial charge in [-0.05, 0) is 17.0 Å². The summed E-state index contributed by atoms with van der Waals surface area (Å²) in [6.07, 6.45) is 0. The van der Waals surface area contributed by atoms with E-state index >= 15 is 0 Å². The highest BCUT2D eigenvalue weighted by atomic mass is 32.1. The van der Waals surface area contributed by atoms with E-state index in [1.807, 2.05) is 52.4 Å². The van der Waals surface area contributed by atoms with E-state index in [9.17, 15) is 9.59 Å². The third-order valence-corrected chi connectivity index (χ3v) is 5.41. The van der Waals surface area contributed by atoms with Gasteiger partial charge in [0.1, 0.15) is 0 Å². The van der Waals surface area contributed by atoms with Crippen LogP contribution in [0.1, 0.15) is 10.4 Å². The fourth-order valence-corrected chi connectivity index (χ4v) is 3.73. The van der Waals surface area contributed by atoms with Gasteiger partial charge in [0.15, 0.2) is 11.2 Å². The van der Waals surface area contributed by atoms with E-state index < -0.39 is 0 Å². The number of aromatic nitrogens is 4. The molecular weight excluding hydrogens is 362 g/mol. The number of imidazole rings is 1. The van der Waals surface area contributed by atoms with Crippen LogP contribution in [0, 0.1) is 0 Å². The maximum absolute atomic E-state index is 12.8. The zero-order valence-electron chi connectivity index (χ0n) is 15.0. The van der Waals surface area contributed by atoms with Crippen LogP contribution in [0.25, 0.3) is 11.2 Å². The number of nitrogens with one attached hydrogen (secondary N) is 1. The fraction of sp³-hybridized carbons (Fsp3) is 0.211. The summed E-state index contributed by atoms with van der Waals surface area (Å²) in [6.45, 7) is 1.08. The Morgan fingerprint density at radius 2 is 1.81 bits per heavy atom. The van der Waals surface area contributed by atoms with Gasteiger partial charge in [0.05, 0.1) is 13.1 Å². The first kappa shape index (κ1) is 17.3. The molecule has 1 aromatic carbocycles. The molecule has 0 aliphatic rings. The maximum atomic E-state index is 12.8. The van der Waals surface area contributed by atoms with Gasteiger partial charge in [-0.25, -0.2) is 4.79 Å². The molecule has 27 heavy (non-hydrogen) atoms. The lowest BCUT2D eigenvalue weighted by Gasteiger charge is -2.10. The number of fused-ring (bicyclic) bond motifs is 1. The Morgan fingerprint density at radius 1 is 1.04 bits per heavy atom. The summed E-state index contributed by atoms with van der Waals surface area (Å²) >= 11 is 1.65. The molecule has 0 fully saturated rings. The van der Waals surface area contributed by atoms with Gasteiger partial charge < -0.3 is 5.32 Å². The number of anilines is 1. The average Bonchev–Trinajstić information content (AvgIpc) is 3.32. The Morgan fingerprint density at radius 3 is 2.52 bits per heavy atom. The molecule has 0 amide bonds. The van der Waals surface area contributed by atoms with Crippen molar-refractivity contribution in [3.63, 3.8) is 0 Å². The number of nitrogens with zero attached hydrogens (tertiary/aromatic N) is 4. The third-order valence-electron chi connectivity index (χ3n) is 4.53. The summed E-state index contributed by atoms with van der Waals surface area (Å²) in [5.41, 5.74) is 1.11. The van der Waals surface area contributed by atoms with Crippen LogP contribution in [0.15, 0.2) is 57.4 Å². The largest absolute Gasteiger partial charge is 0.351 e. The van der Waals surface area contributed by atoms with Gasteiger partial charge in [-0.2, -0.15) is 4.98 Å². The smallest absolute Gasteiger partial charge is 0.332 e. The van der Waals surface area contributed by atoms with Crippen molar-refractivity contribution in [3.8, 4) is 0 Å². The molecule has 0 saturated heterocycles. The van der Waals surface area contributed by atoms with Gasteiger partial charge in [-0.15, -0.1) is 11.3 Å².